The molecule has 0 radical (unpaired) electrons. The first kappa shape index (κ1) is 11.7. The largest absolute Gasteiger partial charge is 0.192 e. The molecule has 0 saturated carbocycles. The van der Waals surface area contributed by atoms with E-state index in [4.69, 9.17) is 0 Å². The monoisotopic (exact) mass is 261 g/mol. The molecule has 3 aromatic rings. The molecule has 1 nitrogen and oxygen atoms in total. The Morgan fingerprint density at radius 1 is 0.789 bits per heavy atom. The van der Waals surface area contributed by atoms with E-state index in [1.54, 1.807) is 11.3 Å². The molecule has 0 amide bonds. The molecule has 3 rings (SSSR count). The predicted octanol–water partition coefficient (Wildman–Crippen LogP) is 4.95. The summed E-state index contributed by atoms with van der Waals surface area (Å²) in [5.74, 6) is 0. The third-order valence-corrected chi connectivity index (χ3v) is 4.07. The normalized spacial score (nSPS) is 10.1. The van der Waals surface area contributed by atoms with Crippen LogP contribution in [0.15, 0.2) is 66.7 Å². The average molecular weight is 261 g/mol. The minimum atomic E-state index is 0.769. The Balaban J connectivity index is 2.13. The second-order valence-corrected chi connectivity index (χ2v) is 5.25. The number of hydrogen-bond donors (Lipinski definition) is 0. The lowest BCUT2D eigenvalue weighted by Gasteiger charge is -1.97. The van der Waals surface area contributed by atoms with E-state index in [0.29, 0.717) is 0 Å². The Labute approximate surface area is 116 Å². The molecule has 0 aliphatic heterocycles. The van der Waals surface area contributed by atoms with Gasteiger partial charge in [-0.05, 0) is 17.2 Å². The quantitative estimate of drug-likeness (QED) is 0.640. The number of nitriles is 1. The summed E-state index contributed by atoms with van der Waals surface area (Å²) in [6.07, 6.45) is 0. The highest BCUT2D eigenvalue weighted by molar-refractivity contribution is 7.16. The van der Waals surface area contributed by atoms with Crippen LogP contribution in [-0.2, 0) is 0 Å². The number of thiophene rings is 1. The molecule has 90 valence electrons. The standard InChI is InChI=1S/C17H11NS/c18-12-17-15(13-7-3-1-4-8-13)11-16(19-17)14-9-5-2-6-10-14/h1-11H. The Hall–Kier alpha value is -2.37. The first-order valence-electron chi connectivity index (χ1n) is 6.03. The Morgan fingerprint density at radius 3 is 1.95 bits per heavy atom. The van der Waals surface area contributed by atoms with Crippen molar-refractivity contribution in [3.63, 3.8) is 0 Å². The molecule has 0 N–H and O–H groups in total. The van der Waals surface area contributed by atoms with E-state index in [-0.39, 0.29) is 0 Å². The molecule has 1 aromatic heterocycles. The van der Waals surface area contributed by atoms with E-state index < -0.39 is 0 Å². The van der Waals surface area contributed by atoms with Gasteiger partial charge in [0.15, 0.2) is 0 Å². The lowest BCUT2D eigenvalue weighted by molar-refractivity contribution is 1.52. The first-order chi connectivity index (χ1) is 9.38. The maximum absolute atomic E-state index is 9.30. The van der Waals surface area contributed by atoms with Gasteiger partial charge in [0.05, 0.1) is 0 Å². The molecular formula is C17H11NS. The topological polar surface area (TPSA) is 23.8 Å². The van der Waals surface area contributed by atoms with E-state index in [0.717, 1.165) is 26.4 Å². The summed E-state index contributed by atoms with van der Waals surface area (Å²) >= 11 is 1.55. The number of hydrogen-bond acceptors (Lipinski definition) is 2. The lowest BCUT2D eigenvalue weighted by Crippen LogP contribution is -1.75. The van der Waals surface area contributed by atoms with Crippen molar-refractivity contribution in [1.29, 1.82) is 5.26 Å². The highest BCUT2D eigenvalue weighted by Gasteiger charge is 2.11. The van der Waals surface area contributed by atoms with Gasteiger partial charge in [-0.25, -0.2) is 0 Å². The molecule has 0 unspecified atom stereocenters. The molecule has 0 atom stereocenters. The minimum absolute atomic E-state index is 0.769. The molecule has 0 saturated heterocycles. The molecular weight excluding hydrogens is 250 g/mol. The number of benzene rings is 2. The molecule has 2 aromatic carbocycles. The van der Waals surface area contributed by atoms with Crippen LogP contribution in [0.4, 0.5) is 0 Å². The Kier molecular flexibility index (Phi) is 3.14. The van der Waals surface area contributed by atoms with E-state index in [1.165, 1.54) is 0 Å². The van der Waals surface area contributed by atoms with Gasteiger partial charge < -0.3 is 0 Å². The van der Waals surface area contributed by atoms with E-state index in [1.807, 2.05) is 48.5 Å². The molecule has 0 spiro atoms. The van der Waals surface area contributed by atoms with Crippen molar-refractivity contribution in [2.45, 2.75) is 0 Å². The third-order valence-electron chi connectivity index (χ3n) is 2.98. The Bertz CT molecular complexity index is 721. The highest BCUT2D eigenvalue weighted by Crippen LogP contribution is 2.36. The van der Waals surface area contributed by atoms with Crippen LogP contribution in [-0.4, -0.2) is 0 Å². The lowest BCUT2D eigenvalue weighted by atomic mass is 10.1. The van der Waals surface area contributed by atoms with Crippen molar-refractivity contribution in [3.05, 3.63) is 71.6 Å². The van der Waals surface area contributed by atoms with Crippen LogP contribution in [0.25, 0.3) is 21.6 Å². The molecule has 1 heterocycles. The van der Waals surface area contributed by atoms with Gasteiger partial charge in [0, 0.05) is 10.4 Å². The second kappa shape index (κ2) is 5.09. The van der Waals surface area contributed by atoms with Gasteiger partial charge >= 0.3 is 0 Å². The van der Waals surface area contributed by atoms with Crippen LogP contribution in [0.3, 0.4) is 0 Å². The fourth-order valence-corrected chi connectivity index (χ4v) is 3.03. The number of rotatable bonds is 2. The van der Waals surface area contributed by atoms with Crippen molar-refractivity contribution < 1.29 is 0 Å². The zero-order valence-corrected chi connectivity index (χ0v) is 11.0. The fourth-order valence-electron chi connectivity index (χ4n) is 2.05. The van der Waals surface area contributed by atoms with Crippen LogP contribution in [0.2, 0.25) is 0 Å². The zero-order chi connectivity index (χ0) is 13.1. The Morgan fingerprint density at radius 2 is 1.37 bits per heavy atom. The summed E-state index contributed by atoms with van der Waals surface area (Å²) < 4.78 is 0. The van der Waals surface area contributed by atoms with Gasteiger partial charge in [-0.2, -0.15) is 5.26 Å². The van der Waals surface area contributed by atoms with Crippen LogP contribution < -0.4 is 0 Å². The van der Waals surface area contributed by atoms with Gasteiger partial charge in [0.1, 0.15) is 10.9 Å². The SMILES string of the molecule is N#Cc1sc(-c2ccccc2)cc1-c1ccccc1. The van der Waals surface area contributed by atoms with E-state index >= 15 is 0 Å². The molecule has 0 bridgehead atoms. The summed E-state index contributed by atoms with van der Waals surface area (Å²) in [5.41, 5.74) is 3.27. The molecule has 2 heteroatoms. The van der Waals surface area contributed by atoms with E-state index in [2.05, 4.69) is 24.3 Å². The van der Waals surface area contributed by atoms with Gasteiger partial charge in [-0.3, -0.25) is 0 Å². The van der Waals surface area contributed by atoms with Crippen LogP contribution in [0, 0.1) is 11.3 Å². The first-order valence-corrected chi connectivity index (χ1v) is 6.85. The van der Waals surface area contributed by atoms with Crippen molar-refractivity contribution in [1.82, 2.24) is 0 Å². The van der Waals surface area contributed by atoms with Gasteiger partial charge in [-0.15, -0.1) is 11.3 Å². The summed E-state index contributed by atoms with van der Waals surface area (Å²) in [5, 5.41) is 9.30. The minimum Gasteiger partial charge on any atom is -0.192 e. The van der Waals surface area contributed by atoms with Crippen molar-refractivity contribution in [2.75, 3.05) is 0 Å². The summed E-state index contributed by atoms with van der Waals surface area (Å²) in [6, 6.07) is 24.6. The van der Waals surface area contributed by atoms with Crippen LogP contribution >= 0.6 is 11.3 Å². The van der Waals surface area contributed by atoms with E-state index in [9.17, 15) is 5.26 Å². The van der Waals surface area contributed by atoms with Crippen molar-refractivity contribution in [3.8, 4) is 27.6 Å². The molecule has 0 fully saturated rings. The van der Waals surface area contributed by atoms with Crippen molar-refractivity contribution >= 4 is 11.3 Å². The zero-order valence-electron chi connectivity index (χ0n) is 10.2. The third kappa shape index (κ3) is 2.29. The van der Waals surface area contributed by atoms with Crippen molar-refractivity contribution in [2.24, 2.45) is 0 Å². The summed E-state index contributed by atoms with van der Waals surface area (Å²) in [4.78, 5) is 1.90. The molecule has 0 aliphatic rings. The predicted molar refractivity (Wildman–Crippen MR) is 79.9 cm³/mol. The van der Waals surface area contributed by atoms with Gasteiger partial charge in [0.25, 0.3) is 0 Å². The fraction of sp³-hybridized carbons (Fsp3) is 0. The van der Waals surface area contributed by atoms with Gasteiger partial charge in [-0.1, -0.05) is 60.7 Å². The smallest absolute Gasteiger partial charge is 0.113 e. The maximum atomic E-state index is 9.30. The molecule has 0 aliphatic carbocycles. The van der Waals surface area contributed by atoms with Gasteiger partial charge in [0.2, 0.25) is 0 Å². The highest BCUT2D eigenvalue weighted by atomic mass is 32.1. The molecule has 19 heavy (non-hydrogen) atoms. The number of nitrogens with zero attached hydrogens (tertiary/aromatic N) is 1. The summed E-state index contributed by atoms with van der Waals surface area (Å²) in [7, 11) is 0. The van der Waals surface area contributed by atoms with Crippen LogP contribution in [0.5, 0.6) is 0 Å². The second-order valence-electron chi connectivity index (χ2n) is 4.20. The average Bonchev–Trinajstić information content (AvgIpc) is 2.93. The summed E-state index contributed by atoms with van der Waals surface area (Å²) in [6.45, 7) is 0. The van der Waals surface area contributed by atoms with Crippen LogP contribution in [0.1, 0.15) is 4.88 Å². The maximum Gasteiger partial charge on any atom is 0.113 e.